The maximum Gasteiger partial charge on any atom is 0.351 e. The van der Waals surface area contributed by atoms with Crippen molar-refractivity contribution in [1.29, 1.82) is 5.26 Å². The number of nitrogens with one attached hydrogen (secondary N) is 1. The van der Waals surface area contributed by atoms with E-state index >= 15 is 0 Å². The van der Waals surface area contributed by atoms with Crippen LogP contribution in [0, 0.1) is 11.3 Å². The molecule has 4 aromatic rings. The van der Waals surface area contributed by atoms with Crippen LogP contribution in [0.25, 0.3) is 0 Å². The van der Waals surface area contributed by atoms with Gasteiger partial charge < -0.3 is 39.2 Å². The summed E-state index contributed by atoms with van der Waals surface area (Å²) in [6, 6.07) is 27.3. The summed E-state index contributed by atoms with van der Waals surface area (Å²) >= 11 is 0. The minimum atomic E-state index is -1.55. The second-order valence-electron chi connectivity index (χ2n) is 13.6. The number of aliphatic hydroxyl groups excluding tert-OH is 2. The summed E-state index contributed by atoms with van der Waals surface area (Å²) in [7, 11) is 1.63. The number of carbonyl (C=O) groups excluding carboxylic acids is 1. The number of ether oxygens (including phenoxy) is 3. The Balaban J connectivity index is 0.000000424. The van der Waals surface area contributed by atoms with Crippen molar-refractivity contribution in [2.24, 2.45) is 0 Å². The lowest BCUT2D eigenvalue weighted by atomic mass is 9.65. The second-order valence-corrected chi connectivity index (χ2v) is 14.8. The molecule has 5 rings (SSSR count). The van der Waals surface area contributed by atoms with Crippen LogP contribution in [0.15, 0.2) is 89.9 Å². The quantitative estimate of drug-likeness (QED) is 0.0674. The second kappa shape index (κ2) is 20.5. The number of methoxy groups -OCH3 is 2. The highest BCUT2D eigenvalue weighted by Gasteiger charge is 2.43. The van der Waals surface area contributed by atoms with Gasteiger partial charge in [-0.3, -0.25) is 9.36 Å². The number of rotatable bonds is 15. The van der Waals surface area contributed by atoms with Gasteiger partial charge in [-0.15, -0.1) is 0 Å². The van der Waals surface area contributed by atoms with E-state index in [0.29, 0.717) is 30.1 Å². The van der Waals surface area contributed by atoms with Gasteiger partial charge in [0.15, 0.2) is 0 Å². The smallest absolute Gasteiger partial charge is 0.351 e. The number of nitrogens with zero attached hydrogens (tertiary/aromatic N) is 4. The Morgan fingerprint density at radius 3 is 1.98 bits per heavy atom. The van der Waals surface area contributed by atoms with Gasteiger partial charge in [0.2, 0.25) is 5.91 Å². The topological polar surface area (TPSA) is 189 Å². The third-order valence-corrected chi connectivity index (χ3v) is 11.0. The molecule has 300 valence electrons. The molecule has 1 aromatic heterocycles. The molecule has 56 heavy (non-hydrogen) atoms. The number of aliphatic hydroxyl groups is 2. The van der Waals surface area contributed by atoms with Gasteiger partial charge >= 0.3 is 5.69 Å². The first kappa shape index (κ1) is 44.0. The van der Waals surface area contributed by atoms with E-state index in [1.807, 2.05) is 117 Å². The molecule has 3 aromatic carbocycles. The minimum absolute atomic E-state index is 0.0785. The largest absolute Gasteiger partial charge is 0.497 e. The van der Waals surface area contributed by atoms with Crippen LogP contribution in [-0.2, 0) is 19.5 Å². The molecule has 1 aliphatic heterocycles. The average molecular weight is 790 g/mol. The molecule has 1 amide bonds. The summed E-state index contributed by atoms with van der Waals surface area (Å²) in [6.07, 6.45) is -0.671. The summed E-state index contributed by atoms with van der Waals surface area (Å²) in [5.41, 5.74) is 1.14. The van der Waals surface area contributed by atoms with Crippen molar-refractivity contribution in [2.75, 3.05) is 32.8 Å². The molecule has 0 radical (unpaired) electrons. The van der Waals surface area contributed by atoms with Crippen molar-refractivity contribution in [2.45, 2.75) is 83.4 Å². The van der Waals surface area contributed by atoms with Crippen LogP contribution in [0.3, 0.4) is 0 Å². The lowest BCUT2D eigenvalue weighted by Crippen LogP contribution is -2.37. The number of carbonyl (C=O) groups is 1. The molecule has 2 heterocycles. The Hall–Kier alpha value is -4.71. The summed E-state index contributed by atoms with van der Waals surface area (Å²) in [5.74, 6) is 0.990. The van der Waals surface area contributed by atoms with E-state index in [1.54, 1.807) is 20.4 Å². The number of aromatic nitrogens is 2. The lowest BCUT2D eigenvalue weighted by Gasteiger charge is -2.38. The van der Waals surface area contributed by atoms with E-state index < -0.39 is 50.6 Å². The third kappa shape index (κ3) is 10.2. The van der Waals surface area contributed by atoms with Crippen LogP contribution in [0.5, 0.6) is 11.5 Å². The third-order valence-electron chi connectivity index (χ3n) is 9.27. The maximum absolute atomic E-state index is 13.4. The molecule has 4 N–H and O–H groups in total. The van der Waals surface area contributed by atoms with Crippen LogP contribution in [0.2, 0.25) is 0 Å². The van der Waals surface area contributed by atoms with Gasteiger partial charge in [0.1, 0.15) is 29.6 Å². The Kier molecular flexibility index (Phi) is 16.1. The minimum Gasteiger partial charge on any atom is -0.497 e. The highest BCUT2D eigenvalue weighted by atomic mass is 31.2. The lowest BCUT2D eigenvalue weighted by molar-refractivity contribution is -0.114. The van der Waals surface area contributed by atoms with E-state index in [9.17, 15) is 24.7 Å². The van der Waals surface area contributed by atoms with Gasteiger partial charge in [0.05, 0.1) is 51.4 Å². The van der Waals surface area contributed by atoms with E-state index in [2.05, 4.69) is 10.3 Å². The molecule has 0 bridgehead atoms. The monoisotopic (exact) mass is 789 g/mol. The normalized spacial score (nSPS) is 17.2. The van der Waals surface area contributed by atoms with Crippen molar-refractivity contribution in [3.05, 3.63) is 118 Å². The number of anilines is 1. The van der Waals surface area contributed by atoms with Crippen molar-refractivity contribution in [3.8, 4) is 17.6 Å². The van der Waals surface area contributed by atoms with Gasteiger partial charge in [-0.1, -0.05) is 54.6 Å². The van der Waals surface area contributed by atoms with Crippen molar-refractivity contribution in [1.82, 2.24) is 14.2 Å². The Morgan fingerprint density at radius 1 is 1.00 bits per heavy atom. The van der Waals surface area contributed by atoms with E-state index in [4.69, 9.17) is 24.0 Å². The van der Waals surface area contributed by atoms with Crippen molar-refractivity contribution >= 4 is 20.3 Å². The van der Waals surface area contributed by atoms with Gasteiger partial charge in [-0.05, 0) is 68.7 Å². The zero-order valence-corrected chi connectivity index (χ0v) is 33.7. The average Bonchev–Trinajstić information content (AvgIpc) is 3.56. The predicted molar refractivity (Wildman–Crippen MR) is 213 cm³/mol. The molecule has 14 nitrogen and oxygen atoms in total. The molecule has 1 fully saturated rings. The first-order valence-corrected chi connectivity index (χ1v) is 19.5. The summed E-state index contributed by atoms with van der Waals surface area (Å²) in [4.78, 5) is 40.0. The highest BCUT2D eigenvalue weighted by Crippen LogP contribution is 2.48. The van der Waals surface area contributed by atoms with E-state index in [-0.39, 0.29) is 24.3 Å². The summed E-state index contributed by atoms with van der Waals surface area (Å²) < 4.78 is 25.2. The van der Waals surface area contributed by atoms with E-state index in [1.165, 1.54) is 11.5 Å². The molecule has 4 atom stereocenters. The fourth-order valence-electron chi connectivity index (χ4n) is 6.83. The molecular weight excluding hydrogens is 737 g/mol. The Morgan fingerprint density at radius 2 is 1.54 bits per heavy atom. The van der Waals surface area contributed by atoms with Gasteiger partial charge in [0, 0.05) is 37.2 Å². The molecule has 0 spiro atoms. The van der Waals surface area contributed by atoms with Crippen molar-refractivity contribution < 1.29 is 38.6 Å². The molecule has 0 aliphatic carbocycles. The maximum atomic E-state index is 13.4. The fraction of sp³-hybridized carbons (Fsp3) is 0.415. The number of hydrogen-bond donors (Lipinski definition) is 4. The van der Waals surface area contributed by atoms with Crippen LogP contribution >= 0.6 is 8.53 Å². The summed E-state index contributed by atoms with van der Waals surface area (Å²) in [6.45, 7) is 9.30. The molecule has 0 saturated carbocycles. The molecule has 0 unspecified atom stereocenters. The fourth-order valence-corrected chi connectivity index (χ4v) is 8.01. The Labute approximate surface area is 329 Å². The SMILES string of the molecule is CC(C)N(C(C)C)[P@](O)OCCC#N.COc1ccc(C(c2ccccc2)(c2ccc(OC)cc2)c2cn([C@H]3C[C@H](O)[C@@H](CO)O3)c(=O)nc2NC(C)=O)cc1. The molecule has 1 aliphatic rings. The standard InChI is InChI=1S/C32H33N3O7.C9H19N2O2P/c1-20(37)33-30-26(18-35(31(39)34-30)29-17-27(38)28(19-36)42-29)32(21-7-5-4-6-8-21,22-9-13-24(40-2)14-10-22)23-11-15-25(41-3)16-12-23;1-8(2)11(9(3)4)14(12)13-7-5-6-10/h4-16,18,27-29,36,38H,17,19H2,1-3H3,(H,33,34,37,39);8-9,12H,5,7H2,1-4H3/t27-,28+,29+;14-/m01/s1. The number of amides is 1. The molecule has 15 heteroatoms. The van der Waals surface area contributed by atoms with Gasteiger partial charge in [0.25, 0.3) is 8.53 Å². The van der Waals surface area contributed by atoms with Gasteiger partial charge in [-0.25, -0.2) is 9.46 Å². The van der Waals surface area contributed by atoms with Crippen LogP contribution in [0.4, 0.5) is 5.82 Å². The first-order chi connectivity index (χ1) is 26.8. The zero-order valence-electron chi connectivity index (χ0n) is 32.8. The van der Waals surface area contributed by atoms with Crippen LogP contribution in [0.1, 0.15) is 75.9 Å². The first-order valence-electron chi connectivity index (χ1n) is 18.3. The molecule has 1 saturated heterocycles. The Bertz CT molecular complexity index is 1900. The molecular formula is C41H52N5O9P. The number of hydrogen-bond acceptors (Lipinski definition) is 12. The highest BCUT2D eigenvalue weighted by molar-refractivity contribution is 7.43. The zero-order chi connectivity index (χ0) is 41.0. The number of nitriles is 1. The predicted octanol–water partition coefficient (Wildman–Crippen LogP) is 5.50. The number of benzene rings is 3. The summed E-state index contributed by atoms with van der Waals surface area (Å²) in [5, 5.41) is 31.2. The van der Waals surface area contributed by atoms with Gasteiger partial charge in [-0.2, -0.15) is 10.2 Å². The van der Waals surface area contributed by atoms with Crippen LogP contribution < -0.4 is 20.5 Å². The van der Waals surface area contributed by atoms with Crippen molar-refractivity contribution in [3.63, 3.8) is 0 Å². The van der Waals surface area contributed by atoms with Crippen LogP contribution in [-0.4, -0.2) is 87.0 Å². The van der Waals surface area contributed by atoms with E-state index in [0.717, 1.165) is 16.7 Å².